The minimum atomic E-state index is -1.08. The van der Waals surface area contributed by atoms with Crippen LogP contribution in [0.25, 0.3) is 0 Å². The molecule has 1 saturated carbocycles. The third kappa shape index (κ3) is 4.49. The Morgan fingerprint density at radius 3 is 2.62 bits per heavy atom. The topological polar surface area (TPSA) is 55.4 Å². The van der Waals surface area contributed by atoms with Gasteiger partial charge in [0.2, 0.25) is 6.10 Å². The molecule has 1 amide bonds. The molecule has 1 heterocycles. The average Bonchev–Trinajstić information content (AvgIpc) is 3.35. The molecule has 6 heteroatoms. The maximum atomic E-state index is 13.2. The summed E-state index contributed by atoms with van der Waals surface area (Å²) in [5.41, 5.74) is 1.59. The number of carbonyl (C=O) groups is 2. The zero-order chi connectivity index (χ0) is 18.7. The zero-order valence-corrected chi connectivity index (χ0v) is 15.7. The van der Waals surface area contributed by atoms with Crippen molar-refractivity contribution >= 4 is 23.2 Å². The van der Waals surface area contributed by atoms with E-state index in [0.29, 0.717) is 10.4 Å². The van der Waals surface area contributed by atoms with E-state index in [1.807, 2.05) is 13.0 Å². The molecule has 0 bridgehead atoms. The molecule has 0 unspecified atom stereocenters. The number of aryl methyl sites for hydroxylation is 2. The second-order valence-corrected chi connectivity index (χ2v) is 7.82. The number of benzene rings is 1. The SMILES string of the molecule is CCCc1cc(C(=O)O[C@H](C(=O)NC2CC2)c2ccc(F)cc2)sc1C. The van der Waals surface area contributed by atoms with Crippen LogP contribution in [0.5, 0.6) is 0 Å². The summed E-state index contributed by atoms with van der Waals surface area (Å²) in [5, 5.41) is 2.85. The van der Waals surface area contributed by atoms with Gasteiger partial charge in [-0.25, -0.2) is 9.18 Å². The van der Waals surface area contributed by atoms with E-state index in [0.717, 1.165) is 36.1 Å². The van der Waals surface area contributed by atoms with Crippen molar-refractivity contribution in [3.63, 3.8) is 0 Å². The lowest BCUT2D eigenvalue weighted by atomic mass is 10.1. The van der Waals surface area contributed by atoms with Gasteiger partial charge in [-0.2, -0.15) is 0 Å². The van der Waals surface area contributed by atoms with Gasteiger partial charge in [-0.3, -0.25) is 4.79 Å². The molecule has 3 rings (SSSR count). The van der Waals surface area contributed by atoms with Crippen molar-refractivity contribution < 1.29 is 18.7 Å². The summed E-state index contributed by atoms with van der Waals surface area (Å²) in [7, 11) is 0. The lowest BCUT2D eigenvalue weighted by Crippen LogP contribution is -2.33. The first-order valence-electron chi connectivity index (χ1n) is 8.84. The summed E-state index contributed by atoms with van der Waals surface area (Å²) in [6, 6.07) is 7.45. The molecule has 0 spiro atoms. The van der Waals surface area contributed by atoms with Crippen LogP contribution in [0.15, 0.2) is 30.3 Å². The van der Waals surface area contributed by atoms with Crippen molar-refractivity contribution in [1.29, 1.82) is 0 Å². The summed E-state index contributed by atoms with van der Waals surface area (Å²) in [5.74, 6) is -1.30. The zero-order valence-electron chi connectivity index (χ0n) is 14.9. The molecule has 1 aromatic heterocycles. The van der Waals surface area contributed by atoms with Crippen LogP contribution < -0.4 is 5.32 Å². The van der Waals surface area contributed by atoms with E-state index in [1.54, 1.807) is 0 Å². The van der Waals surface area contributed by atoms with Crippen molar-refractivity contribution in [2.75, 3.05) is 0 Å². The van der Waals surface area contributed by atoms with Gasteiger partial charge >= 0.3 is 5.97 Å². The number of rotatable bonds is 7. The van der Waals surface area contributed by atoms with E-state index in [-0.39, 0.29) is 11.9 Å². The molecule has 1 aliphatic rings. The van der Waals surface area contributed by atoms with Crippen LogP contribution in [0.3, 0.4) is 0 Å². The number of thiophene rings is 1. The van der Waals surface area contributed by atoms with E-state index < -0.39 is 17.9 Å². The lowest BCUT2D eigenvalue weighted by Gasteiger charge is -2.17. The molecule has 1 aromatic carbocycles. The second-order valence-electron chi connectivity index (χ2n) is 6.56. The van der Waals surface area contributed by atoms with Gasteiger partial charge in [-0.05, 0) is 49.9 Å². The highest BCUT2D eigenvalue weighted by atomic mass is 32.1. The Balaban J connectivity index is 1.79. The molecule has 4 nitrogen and oxygen atoms in total. The van der Waals surface area contributed by atoms with Gasteiger partial charge in [0.25, 0.3) is 5.91 Å². The molecular formula is C20H22FNO3S. The predicted molar refractivity (Wildman–Crippen MR) is 98.8 cm³/mol. The summed E-state index contributed by atoms with van der Waals surface area (Å²) in [6.45, 7) is 4.06. The molecule has 1 aliphatic carbocycles. The summed E-state index contributed by atoms with van der Waals surface area (Å²) >= 11 is 1.37. The number of halogens is 1. The summed E-state index contributed by atoms with van der Waals surface area (Å²) in [6.07, 6.45) is 2.68. The van der Waals surface area contributed by atoms with Gasteiger partial charge in [0.1, 0.15) is 10.7 Å². The summed E-state index contributed by atoms with van der Waals surface area (Å²) < 4.78 is 18.7. The Morgan fingerprint density at radius 2 is 2.00 bits per heavy atom. The van der Waals surface area contributed by atoms with Crippen molar-refractivity contribution in [1.82, 2.24) is 5.32 Å². The van der Waals surface area contributed by atoms with Crippen LogP contribution in [0, 0.1) is 12.7 Å². The van der Waals surface area contributed by atoms with Crippen LogP contribution >= 0.6 is 11.3 Å². The number of hydrogen-bond acceptors (Lipinski definition) is 4. The summed E-state index contributed by atoms with van der Waals surface area (Å²) in [4.78, 5) is 26.7. The molecule has 0 saturated heterocycles. The Bertz CT molecular complexity index is 796. The molecule has 0 radical (unpaired) electrons. The van der Waals surface area contributed by atoms with Gasteiger partial charge in [-0.15, -0.1) is 11.3 Å². The number of esters is 1. The van der Waals surface area contributed by atoms with E-state index in [2.05, 4.69) is 12.2 Å². The van der Waals surface area contributed by atoms with Gasteiger partial charge in [0.05, 0.1) is 0 Å². The Labute approximate surface area is 156 Å². The Morgan fingerprint density at radius 1 is 1.31 bits per heavy atom. The maximum Gasteiger partial charge on any atom is 0.349 e. The van der Waals surface area contributed by atoms with Crippen LogP contribution in [0.1, 0.15) is 58.0 Å². The quantitative estimate of drug-likeness (QED) is 0.733. The molecule has 2 aromatic rings. The first-order valence-corrected chi connectivity index (χ1v) is 9.65. The van der Waals surface area contributed by atoms with E-state index in [1.165, 1.54) is 35.6 Å². The number of hydrogen-bond donors (Lipinski definition) is 1. The minimum absolute atomic E-state index is 0.143. The maximum absolute atomic E-state index is 13.2. The third-order valence-corrected chi connectivity index (χ3v) is 5.37. The lowest BCUT2D eigenvalue weighted by molar-refractivity contribution is -0.130. The third-order valence-electron chi connectivity index (χ3n) is 4.30. The van der Waals surface area contributed by atoms with E-state index >= 15 is 0 Å². The fourth-order valence-corrected chi connectivity index (χ4v) is 3.67. The van der Waals surface area contributed by atoms with Gasteiger partial charge in [0.15, 0.2) is 0 Å². The van der Waals surface area contributed by atoms with Crippen molar-refractivity contribution in [3.05, 3.63) is 57.0 Å². The van der Waals surface area contributed by atoms with Crippen LogP contribution in [0.4, 0.5) is 4.39 Å². The van der Waals surface area contributed by atoms with Gasteiger partial charge in [0, 0.05) is 16.5 Å². The number of carbonyl (C=O) groups excluding carboxylic acids is 2. The monoisotopic (exact) mass is 375 g/mol. The van der Waals surface area contributed by atoms with Crippen LogP contribution in [-0.2, 0) is 16.0 Å². The second kappa shape index (κ2) is 7.99. The molecule has 1 N–H and O–H groups in total. The standard InChI is InChI=1S/C20H22FNO3S/c1-3-4-14-11-17(26-12(14)2)20(24)25-18(19(23)22-16-9-10-16)13-5-7-15(21)8-6-13/h5-8,11,16,18H,3-4,9-10H2,1-2H3,(H,22,23)/t18-/m0/s1. The first-order chi connectivity index (χ1) is 12.5. The smallest absolute Gasteiger partial charge is 0.349 e. The highest BCUT2D eigenvalue weighted by molar-refractivity contribution is 7.14. The molecule has 0 aliphatic heterocycles. The first kappa shape index (κ1) is 18.6. The predicted octanol–water partition coefficient (Wildman–Crippen LogP) is 4.32. The van der Waals surface area contributed by atoms with Crippen molar-refractivity contribution in [2.45, 2.75) is 51.7 Å². The Hall–Kier alpha value is -2.21. The van der Waals surface area contributed by atoms with Gasteiger partial charge < -0.3 is 10.1 Å². The highest BCUT2D eigenvalue weighted by Crippen LogP contribution is 2.28. The van der Waals surface area contributed by atoms with Crippen LogP contribution in [0.2, 0.25) is 0 Å². The van der Waals surface area contributed by atoms with Gasteiger partial charge in [-0.1, -0.05) is 25.5 Å². The molecule has 1 fully saturated rings. The Kier molecular flexibility index (Phi) is 5.71. The fourth-order valence-electron chi connectivity index (χ4n) is 2.72. The molecule has 138 valence electrons. The molecular weight excluding hydrogens is 353 g/mol. The van der Waals surface area contributed by atoms with E-state index in [9.17, 15) is 14.0 Å². The minimum Gasteiger partial charge on any atom is -0.443 e. The number of nitrogens with one attached hydrogen (secondary N) is 1. The normalized spacial score (nSPS) is 14.7. The van der Waals surface area contributed by atoms with Crippen LogP contribution in [-0.4, -0.2) is 17.9 Å². The molecule has 1 atom stereocenters. The number of ether oxygens (including phenoxy) is 1. The van der Waals surface area contributed by atoms with Crippen molar-refractivity contribution in [2.24, 2.45) is 0 Å². The average molecular weight is 375 g/mol. The highest BCUT2D eigenvalue weighted by Gasteiger charge is 2.31. The van der Waals surface area contributed by atoms with E-state index in [4.69, 9.17) is 4.74 Å². The molecule has 26 heavy (non-hydrogen) atoms. The van der Waals surface area contributed by atoms with Crippen molar-refractivity contribution in [3.8, 4) is 0 Å². The largest absolute Gasteiger partial charge is 0.443 e. The fraction of sp³-hybridized carbons (Fsp3) is 0.400. The number of amides is 1.